The summed E-state index contributed by atoms with van der Waals surface area (Å²) < 4.78 is 35.2. The molecule has 1 fully saturated rings. The van der Waals surface area contributed by atoms with Crippen molar-refractivity contribution < 1.29 is 18.0 Å². The van der Waals surface area contributed by atoms with Gasteiger partial charge in [0.25, 0.3) is 0 Å². The first kappa shape index (κ1) is 8.27. The third-order valence-electron chi connectivity index (χ3n) is 1.64. The predicted molar refractivity (Wildman–Crippen MR) is 30.8 cm³/mol. The van der Waals surface area contributed by atoms with E-state index >= 15 is 0 Å². The summed E-state index contributed by atoms with van der Waals surface area (Å²) in [7, 11) is 0. The first-order valence-corrected chi connectivity index (χ1v) is 3.13. The molecular formula is C6H6F3NO. The molecule has 0 aromatic heterocycles. The Morgan fingerprint density at radius 1 is 1.45 bits per heavy atom. The van der Waals surface area contributed by atoms with Crippen LogP contribution in [0.5, 0.6) is 0 Å². The Kier molecular flexibility index (Phi) is 1.76. The van der Waals surface area contributed by atoms with Crippen LogP contribution in [0.4, 0.5) is 13.2 Å². The lowest BCUT2D eigenvalue weighted by Crippen LogP contribution is -2.18. The summed E-state index contributed by atoms with van der Waals surface area (Å²) in [6.07, 6.45) is -3.35. The van der Waals surface area contributed by atoms with E-state index in [9.17, 15) is 18.0 Å². The lowest BCUT2D eigenvalue weighted by Gasteiger charge is -2.09. The second-order valence-corrected chi connectivity index (χ2v) is 2.72. The van der Waals surface area contributed by atoms with Gasteiger partial charge in [0.2, 0.25) is 6.08 Å². The minimum Gasteiger partial charge on any atom is -0.211 e. The molecule has 2 nitrogen and oxygen atoms in total. The van der Waals surface area contributed by atoms with E-state index in [1.807, 2.05) is 0 Å². The number of halogens is 3. The van der Waals surface area contributed by atoms with Gasteiger partial charge in [0, 0.05) is 0 Å². The van der Waals surface area contributed by atoms with Gasteiger partial charge in [0.05, 0.1) is 12.0 Å². The standard InChI is InChI=1S/C6H6F3NO/c7-6(8,9)3-5(1-2-5)10-4-11/h1-3H2. The highest BCUT2D eigenvalue weighted by atomic mass is 19.4. The highest BCUT2D eigenvalue weighted by Crippen LogP contribution is 2.47. The van der Waals surface area contributed by atoms with Gasteiger partial charge >= 0.3 is 6.18 Å². The maximum absolute atomic E-state index is 11.7. The molecule has 0 radical (unpaired) electrons. The lowest BCUT2D eigenvalue weighted by molar-refractivity contribution is -0.139. The third-order valence-corrected chi connectivity index (χ3v) is 1.64. The average molecular weight is 165 g/mol. The molecule has 5 heteroatoms. The highest BCUT2D eigenvalue weighted by Gasteiger charge is 2.51. The zero-order valence-corrected chi connectivity index (χ0v) is 5.61. The number of hydrogen-bond acceptors (Lipinski definition) is 2. The molecular weight excluding hydrogens is 159 g/mol. The van der Waals surface area contributed by atoms with Gasteiger partial charge in [0.15, 0.2) is 0 Å². The van der Waals surface area contributed by atoms with Gasteiger partial charge in [-0.2, -0.15) is 18.2 Å². The molecule has 0 spiro atoms. The third kappa shape index (κ3) is 2.35. The van der Waals surface area contributed by atoms with Crippen LogP contribution in [0.1, 0.15) is 19.3 Å². The van der Waals surface area contributed by atoms with E-state index in [1.54, 1.807) is 0 Å². The number of nitrogens with zero attached hydrogens (tertiary/aromatic N) is 1. The Hall–Kier alpha value is -0.830. The fraction of sp³-hybridized carbons (Fsp3) is 0.833. The molecule has 0 N–H and O–H groups in total. The molecule has 1 aliphatic carbocycles. The van der Waals surface area contributed by atoms with Crippen LogP contribution in [-0.2, 0) is 4.79 Å². The molecule has 0 bridgehead atoms. The van der Waals surface area contributed by atoms with Gasteiger partial charge in [0.1, 0.15) is 0 Å². The van der Waals surface area contributed by atoms with E-state index in [2.05, 4.69) is 4.99 Å². The van der Waals surface area contributed by atoms with Crippen LogP contribution in [0.25, 0.3) is 0 Å². The van der Waals surface area contributed by atoms with Gasteiger partial charge in [-0.15, -0.1) is 0 Å². The molecule has 1 saturated carbocycles. The smallest absolute Gasteiger partial charge is 0.211 e. The van der Waals surface area contributed by atoms with E-state index in [1.165, 1.54) is 6.08 Å². The van der Waals surface area contributed by atoms with Crippen molar-refractivity contribution in [2.75, 3.05) is 0 Å². The Morgan fingerprint density at radius 3 is 2.27 bits per heavy atom. The quantitative estimate of drug-likeness (QED) is 0.453. The Morgan fingerprint density at radius 2 is 2.00 bits per heavy atom. The van der Waals surface area contributed by atoms with Crippen LogP contribution in [-0.4, -0.2) is 17.8 Å². The molecule has 0 amide bonds. The number of alkyl halides is 3. The van der Waals surface area contributed by atoms with Crippen LogP contribution >= 0.6 is 0 Å². The Bertz CT molecular complexity index is 200. The summed E-state index contributed by atoms with van der Waals surface area (Å²) in [4.78, 5) is 12.8. The molecule has 1 rings (SSSR count). The summed E-state index contributed by atoms with van der Waals surface area (Å²) in [6.45, 7) is 0. The predicted octanol–water partition coefficient (Wildman–Crippen LogP) is 1.81. The summed E-state index contributed by atoms with van der Waals surface area (Å²) in [5.74, 6) is 0. The molecule has 0 aromatic carbocycles. The summed E-state index contributed by atoms with van der Waals surface area (Å²) >= 11 is 0. The minimum atomic E-state index is -4.23. The second kappa shape index (κ2) is 2.34. The molecule has 0 aromatic rings. The normalized spacial score (nSPS) is 20.6. The van der Waals surface area contributed by atoms with Crippen molar-refractivity contribution in [3.8, 4) is 0 Å². The second-order valence-electron chi connectivity index (χ2n) is 2.72. The van der Waals surface area contributed by atoms with E-state index in [-0.39, 0.29) is 0 Å². The summed E-state index contributed by atoms with van der Waals surface area (Å²) in [6, 6.07) is 0. The van der Waals surface area contributed by atoms with E-state index in [4.69, 9.17) is 0 Å². The van der Waals surface area contributed by atoms with Crippen molar-refractivity contribution in [2.24, 2.45) is 4.99 Å². The SMILES string of the molecule is O=C=NC1(CC(F)(F)F)CC1. The van der Waals surface area contributed by atoms with Gasteiger partial charge in [-0.05, 0) is 12.8 Å². The van der Waals surface area contributed by atoms with Crippen LogP contribution in [0.15, 0.2) is 4.99 Å². The first-order valence-electron chi connectivity index (χ1n) is 3.13. The number of aliphatic imine (C=N–C) groups is 1. The zero-order chi connectivity index (χ0) is 8.54. The van der Waals surface area contributed by atoms with Crippen molar-refractivity contribution in [3.05, 3.63) is 0 Å². The number of carbonyl (C=O) groups excluding carboxylic acids is 1. The minimum absolute atomic E-state index is 0.349. The van der Waals surface area contributed by atoms with Crippen molar-refractivity contribution in [2.45, 2.75) is 31.0 Å². The topological polar surface area (TPSA) is 29.4 Å². The first-order chi connectivity index (χ1) is 4.97. The molecule has 0 atom stereocenters. The fourth-order valence-electron chi connectivity index (χ4n) is 0.942. The molecule has 0 aliphatic heterocycles. The van der Waals surface area contributed by atoms with Gasteiger partial charge in [-0.3, -0.25) is 0 Å². The molecule has 1 aliphatic rings. The van der Waals surface area contributed by atoms with Gasteiger partial charge in [-0.1, -0.05) is 0 Å². The van der Waals surface area contributed by atoms with Crippen molar-refractivity contribution in [3.63, 3.8) is 0 Å². The fourth-order valence-corrected chi connectivity index (χ4v) is 0.942. The summed E-state index contributed by atoms with van der Waals surface area (Å²) in [5.41, 5.74) is -1.14. The maximum atomic E-state index is 11.7. The lowest BCUT2D eigenvalue weighted by atomic mass is 10.2. The maximum Gasteiger partial charge on any atom is 0.391 e. The number of isocyanates is 1. The van der Waals surface area contributed by atoms with Crippen molar-refractivity contribution >= 4 is 6.08 Å². The molecule has 0 heterocycles. The van der Waals surface area contributed by atoms with Gasteiger partial charge in [-0.25, -0.2) is 4.79 Å². The Balaban J connectivity index is 2.55. The van der Waals surface area contributed by atoms with E-state index in [0.717, 1.165) is 0 Å². The number of rotatable bonds is 2. The number of hydrogen-bond donors (Lipinski definition) is 0. The molecule has 62 valence electrons. The highest BCUT2D eigenvalue weighted by molar-refractivity contribution is 5.36. The average Bonchev–Trinajstić information content (AvgIpc) is 2.44. The van der Waals surface area contributed by atoms with Crippen molar-refractivity contribution in [1.82, 2.24) is 0 Å². The van der Waals surface area contributed by atoms with Crippen molar-refractivity contribution in [1.29, 1.82) is 0 Å². The zero-order valence-electron chi connectivity index (χ0n) is 5.61. The molecule has 11 heavy (non-hydrogen) atoms. The largest absolute Gasteiger partial charge is 0.391 e. The molecule has 0 unspecified atom stereocenters. The van der Waals surface area contributed by atoms with Crippen LogP contribution in [0.2, 0.25) is 0 Å². The van der Waals surface area contributed by atoms with Gasteiger partial charge < -0.3 is 0 Å². The monoisotopic (exact) mass is 165 g/mol. The van der Waals surface area contributed by atoms with Crippen LogP contribution in [0, 0.1) is 0 Å². The van der Waals surface area contributed by atoms with E-state index in [0.29, 0.717) is 12.8 Å². The summed E-state index contributed by atoms with van der Waals surface area (Å²) in [5, 5.41) is 0. The molecule has 0 saturated heterocycles. The van der Waals surface area contributed by atoms with Crippen LogP contribution in [0.3, 0.4) is 0 Å². The Labute approximate surface area is 61.1 Å². The van der Waals surface area contributed by atoms with Crippen LogP contribution < -0.4 is 0 Å². The van der Waals surface area contributed by atoms with E-state index < -0.39 is 18.1 Å².